The molecule has 0 aliphatic rings. The van der Waals surface area contributed by atoms with Crippen LogP contribution in [0.2, 0.25) is 5.02 Å². The van der Waals surface area contributed by atoms with Gasteiger partial charge in [0.1, 0.15) is 6.61 Å². The first-order chi connectivity index (χ1) is 18.2. The van der Waals surface area contributed by atoms with Gasteiger partial charge in [-0.25, -0.2) is 5.43 Å². The van der Waals surface area contributed by atoms with Crippen molar-refractivity contribution >= 4 is 56.5 Å². The first-order valence-corrected chi connectivity index (χ1v) is 12.3. The molecule has 1 N–H and O–H groups in total. The maximum atomic E-state index is 12.5. The number of thiophene rings is 1. The molecule has 0 aliphatic heterocycles. The van der Waals surface area contributed by atoms with Crippen LogP contribution in [0.1, 0.15) is 27.7 Å². The fourth-order valence-electron chi connectivity index (χ4n) is 3.46. The number of halogens is 1. The number of nitro groups is 2. The second-order valence-electron chi connectivity index (χ2n) is 7.77. The lowest BCUT2D eigenvalue weighted by atomic mass is 10.2. The van der Waals surface area contributed by atoms with Crippen LogP contribution in [0.15, 0.2) is 65.8 Å². The number of amides is 1. The van der Waals surface area contributed by atoms with Crippen LogP contribution in [0.4, 0.5) is 11.4 Å². The van der Waals surface area contributed by atoms with E-state index in [0.717, 1.165) is 4.70 Å². The number of hydrogen-bond acceptors (Lipinski definition) is 9. The minimum Gasteiger partial charge on any atom is -0.490 e. The molecule has 1 aromatic heterocycles. The molecule has 0 saturated carbocycles. The maximum Gasteiger partial charge on any atom is 0.281 e. The lowest BCUT2D eigenvalue weighted by Crippen LogP contribution is -2.16. The van der Waals surface area contributed by atoms with Gasteiger partial charge in [-0.3, -0.25) is 25.0 Å². The molecule has 194 valence electrons. The van der Waals surface area contributed by atoms with Crippen molar-refractivity contribution in [2.24, 2.45) is 5.10 Å². The number of nitro benzene ring substituents is 2. The van der Waals surface area contributed by atoms with Gasteiger partial charge in [-0.15, -0.1) is 11.3 Å². The molecule has 0 atom stereocenters. The minimum atomic E-state index is -0.493. The summed E-state index contributed by atoms with van der Waals surface area (Å²) in [6.07, 6.45) is 1.38. The van der Waals surface area contributed by atoms with E-state index >= 15 is 0 Å². The number of benzene rings is 3. The van der Waals surface area contributed by atoms with E-state index in [-0.39, 0.29) is 28.8 Å². The lowest BCUT2D eigenvalue weighted by molar-refractivity contribution is -0.385. The Balaban J connectivity index is 1.46. The van der Waals surface area contributed by atoms with Gasteiger partial charge in [-0.05, 0) is 42.3 Å². The molecule has 0 radical (unpaired) electrons. The van der Waals surface area contributed by atoms with Crippen LogP contribution in [0.3, 0.4) is 0 Å². The van der Waals surface area contributed by atoms with E-state index in [2.05, 4.69) is 10.5 Å². The molecule has 1 amide bonds. The van der Waals surface area contributed by atoms with E-state index < -0.39 is 15.8 Å². The summed E-state index contributed by atoms with van der Waals surface area (Å²) in [6.45, 7) is 2.15. The quantitative estimate of drug-likeness (QED) is 0.141. The Kier molecular flexibility index (Phi) is 8.14. The molecule has 4 aromatic rings. The maximum absolute atomic E-state index is 12.5. The minimum absolute atomic E-state index is 0.0310. The third-order valence-electron chi connectivity index (χ3n) is 5.15. The number of nitrogens with one attached hydrogen (secondary N) is 1. The highest BCUT2D eigenvalue weighted by atomic mass is 35.5. The largest absolute Gasteiger partial charge is 0.490 e. The summed E-state index contributed by atoms with van der Waals surface area (Å²) in [5.74, 6) is 0.128. The zero-order valence-corrected chi connectivity index (χ0v) is 21.3. The highest BCUT2D eigenvalue weighted by Gasteiger charge is 2.15. The van der Waals surface area contributed by atoms with Crippen molar-refractivity contribution in [2.45, 2.75) is 13.5 Å². The molecular formula is C25H19ClN4O7S. The van der Waals surface area contributed by atoms with Crippen LogP contribution in [0, 0.1) is 20.2 Å². The van der Waals surface area contributed by atoms with Crippen LogP contribution < -0.4 is 14.9 Å². The highest BCUT2D eigenvalue weighted by Crippen LogP contribution is 2.37. The Labute approximate surface area is 224 Å². The van der Waals surface area contributed by atoms with Crippen molar-refractivity contribution in [3.8, 4) is 11.5 Å². The second-order valence-corrected chi connectivity index (χ2v) is 9.26. The Morgan fingerprint density at radius 2 is 1.82 bits per heavy atom. The molecule has 0 unspecified atom stereocenters. The summed E-state index contributed by atoms with van der Waals surface area (Å²) in [5, 5.41) is 26.8. The Morgan fingerprint density at radius 3 is 2.55 bits per heavy atom. The zero-order chi connectivity index (χ0) is 27.2. The van der Waals surface area contributed by atoms with Crippen LogP contribution in [-0.2, 0) is 6.61 Å². The number of hydrazone groups is 1. The molecule has 0 saturated heterocycles. The molecule has 0 aliphatic carbocycles. The van der Waals surface area contributed by atoms with Crippen LogP contribution in [0.25, 0.3) is 10.1 Å². The Hall–Kier alpha value is -4.55. The van der Waals surface area contributed by atoms with Gasteiger partial charge in [0.25, 0.3) is 17.3 Å². The summed E-state index contributed by atoms with van der Waals surface area (Å²) in [5.41, 5.74) is 3.43. The van der Waals surface area contributed by atoms with Crippen LogP contribution >= 0.6 is 22.9 Å². The molecule has 13 heteroatoms. The molecule has 0 fully saturated rings. The smallest absolute Gasteiger partial charge is 0.281 e. The zero-order valence-electron chi connectivity index (χ0n) is 19.8. The van der Waals surface area contributed by atoms with Gasteiger partial charge in [-0.1, -0.05) is 23.7 Å². The summed E-state index contributed by atoms with van der Waals surface area (Å²) in [4.78, 5) is 33.9. The normalized spacial score (nSPS) is 11.0. The van der Waals surface area contributed by atoms with E-state index in [1.54, 1.807) is 43.3 Å². The van der Waals surface area contributed by atoms with Crippen molar-refractivity contribution < 1.29 is 24.1 Å². The first kappa shape index (κ1) is 26.5. The SMILES string of the molecule is CCOc1cc(/C=N\NC(=O)c2cc3cc([N+](=O)[O-])ccc3s2)cc(Cl)c1OCc1cccc([N+](=O)[O-])c1. The highest BCUT2D eigenvalue weighted by molar-refractivity contribution is 7.20. The molecule has 1 heterocycles. The third-order valence-corrected chi connectivity index (χ3v) is 6.55. The first-order valence-electron chi connectivity index (χ1n) is 11.1. The van der Waals surface area contributed by atoms with Gasteiger partial charge in [0.2, 0.25) is 0 Å². The molecule has 4 rings (SSSR count). The van der Waals surface area contributed by atoms with Gasteiger partial charge in [0.05, 0.1) is 32.6 Å². The Morgan fingerprint density at radius 1 is 1.05 bits per heavy atom. The molecular weight excluding hydrogens is 536 g/mol. The number of carbonyl (C=O) groups excluding carboxylic acids is 1. The van der Waals surface area contributed by atoms with Gasteiger partial charge in [0.15, 0.2) is 11.5 Å². The molecule has 11 nitrogen and oxygen atoms in total. The average molecular weight is 555 g/mol. The van der Waals surface area contributed by atoms with E-state index in [1.807, 2.05) is 0 Å². The van der Waals surface area contributed by atoms with Crippen LogP contribution in [0.5, 0.6) is 11.5 Å². The van der Waals surface area contributed by atoms with Crippen molar-refractivity contribution in [3.63, 3.8) is 0 Å². The number of hydrogen-bond donors (Lipinski definition) is 1. The van der Waals surface area contributed by atoms with Crippen molar-refractivity contribution in [1.29, 1.82) is 0 Å². The van der Waals surface area contributed by atoms with Crippen LogP contribution in [-0.4, -0.2) is 28.6 Å². The fourth-order valence-corrected chi connectivity index (χ4v) is 4.66. The number of non-ortho nitro benzene ring substituents is 2. The van der Waals surface area contributed by atoms with Gasteiger partial charge < -0.3 is 9.47 Å². The monoisotopic (exact) mass is 554 g/mol. The number of ether oxygens (including phenoxy) is 2. The van der Waals surface area contributed by atoms with Gasteiger partial charge in [-0.2, -0.15) is 5.10 Å². The number of carbonyl (C=O) groups is 1. The summed E-state index contributed by atoms with van der Waals surface area (Å²) in [6, 6.07) is 15.2. The van der Waals surface area contributed by atoms with Gasteiger partial charge >= 0.3 is 0 Å². The standard InChI is InChI=1S/C25H19ClN4O7S/c1-2-36-21-10-16(9-20(26)24(21)37-14-15-4-3-5-18(8-15)29(32)33)13-27-28-25(31)23-12-17-11-19(30(34)35)6-7-22(17)38-23/h3-13H,2,14H2,1H3,(H,28,31)/b27-13-. The number of nitrogens with zero attached hydrogens (tertiary/aromatic N) is 3. The lowest BCUT2D eigenvalue weighted by Gasteiger charge is -2.14. The van der Waals surface area contributed by atoms with Crippen molar-refractivity contribution in [3.05, 3.63) is 102 Å². The van der Waals surface area contributed by atoms with Crippen molar-refractivity contribution in [2.75, 3.05) is 6.61 Å². The molecule has 0 bridgehead atoms. The molecule has 0 spiro atoms. The molecule has 38 heavy (non-hydrogen) atoms. The predicted molar refractivity (Wildman–Crippen MR) is 144 cm³/mol. The summed E-state index contributed by atoms with van der Waals surface area (Å²) < 4.78 is 12.2. The third kappa shape index (κ3) is 6.22. The summed E-state index contributed by atoms with van der Waals surface area (Å²) >= 11 is 7.62. The predicted octanol–water partition coefficient (Wildman–Crippen LogP) is 6.11. The second kappa shape index (κ2) is 11.7. The van der Waals surface area contributed by atoms with Gasteiger partial charge in [0, 0.05) is 34.4 Å². The van der Waals surface area contributed by atoms with E-state index in [9.17, 15) is 25.0 Å². The average Bonchev–Trinajstić information content (AvgIpc) is 3.32. The number of fused-ring (bicyclic) bond motifs is 1. The fraction of sp³-hybridized carbons (Fsp3) is 0.120. The van der Waals surface area contributed by atoms with E-state index in [0.29, 0.717) is 33.7 Å². The van der Waals surface area contributed by atoms with E-state index in [1.165, 1.54) is 41.8 Å². The topological polar surface area (TPSA) is 146 Å². The number of rotatable bonds is 10. The Bertz CT molecular complexity index is 1570. The summed E-state index contributed by atoms with van der Waals surface area (Å²) in [7, 11) is 0. The van der Waals surface area contributed by atoms with Crippen molar-refractivity contribution in [1.82, 2.24) is 5.43 Å². The molecule has 3 aromatic carbocycles. The van der Waals surface area contributed by atoms with E-state index in [4.69, 9.17) is 21.1 Å².